The van der Waals surface area contributed by atoms with Crippen molar-refractivity contribution in [2.75, 3.05) is 5.32 Å². The van der Waals surface area contributed by atoms with Gasteiger partial charge < -0.3 is 10.4 Å². The van der Waals surface area contributed by atoms with Crippen LogP contribution < -0.4 is 5.32 Å². The summed E-state index contributed by atoms with van der Waals surface area (Å²) in [5, 5.41) is 12.4. The Kier molecular flexibility index (Phi) is 5.07. The molecule has 3 nitrogen and oxygen atoms in total. The predicted molar refractivity (Wildman–Crippen MR) is 112 cm³/mol. The van der Waals surface area contributed by atoms with Gasteiger partial charge in [0, 0.05) is 12.2 Å². The summed E-state index contributed by atoms with van der Waals surface area (Å²) in [6.45, 7) is 12.4. The fraction of sp³-hybridized carbons (Fsp3) is 0.458. The van der Waals surface area contributed by atoms with E-state index in [4.69, 9.17) is 5.11 Å². The van der Waals surface area contributed by atoms with Gasteiger partial charge in [-0.25, -0.2) is 0 Å². The second-order valence-electron chi connectivity index (χ2n) is 9.21. The first-order valence-electron chi connectivity index (χ1n) is 9.78. The van der Waals surface area contributed by atoms with E-state index in [1.54, 1.807) is 0 Å². The van der Waals surface area contributed by atoms with Crippen molar-refractivity contribution >= 4 is 11.7 Å². The molecule has 2 N–H and O–H groups in total. The van der Waals surface area contributed by atoms with Crippen molar-refractivity contribution in [3.63, 3.8) is 0 Å². The minimum absolute atomic E-state index is 0.0646. The number of aliphatic carboxylic acids is 1. The number of carboxylic acids is 1. The fourth-order valence-corrected chi connectivity index (χ4v) is 4.07. The molecule has 0 saturated heterocycles. The summed E-state index contributed by atoms with van der Waals surface area (Å²) < 4.78 is 0. The number of fused-ring (bicyclic) bond motifs is 1. The molecule has 0 fully saturated rings. The molecule has 144 valence electrons. The zero-order valence-corrected chi connectivity index (χ0v) is 17.1. The van der Waals surface area contributed by atoms with Crippen LogP contribution in [0.15, 0.2) is 36.4 Å². The van der Waals surface area contributed by atoms with Gasteiger partial charge in [0.2, 0.25) is 0 Å². The number of carbonyl (C=O) groups is 1. The Labute approximate surface area is 162 Å². The van der Waals surface area contributed by atoms with Gasteiger partial charge in [-0.1, -0.05) is 52.0 Å². The number of anilines is 1. The lowest BCUT2D eigenvalue weighted by atomic mass is 9.62. The van der Waals surface area contributed by atoms with Gasteiger partial charge in [-0.2, -0.15) is 0 Å². The molecule has 0 aromatic heterocycles. The summed E-state index contributed by atoms with van der Waals surface area (Å²) in [6.07, 6.45) is 2.51. The van der Waals surface area contributed by atoms with Crippen molar-refractivity contribution in [1.82, 2.24) is 0 Å². The Morgan fingerprint density at radius 2 is 1.56 bits per heavy atom. The third kappa shape index (κ3) is 4.18. The highest BCUT2D eigenvalue weighted by Gasteiger charge is 2.37. The van der Waals surface area contributed by atoms with E-state index in [2.05, 4.69) is 52.1 Å². The van der Waals surface area contributed by atoms with Crippen LogP contribution >= 0.6 is 0 Å². The average Bonchev–Trinajstić information content (AvgIpc) is 2.58. The summed E-state index contributed by atoms with van der Waals surface area (Å²) in [5.41, 5.74) is 7.93. The first-order chi connectivity index (χ1) is 12.6. The molecule has 0 heterocycles. The van der Waals surface area contributed by atoms with Crippen LogP contribution in [0.2, 0.25) is 0 Å². The lowest BCUT2D eigenvalue weighted by Gasteiger charge is -2.42. The first-order valence-corrected chi connectivity index (χ1v) is 9.78. The second-order valence-corrected chi connectivity index (χ2v) is 9.21. The molecule has 1 aliphatic carbocycles. The minimum atomic E-state index is -0.800. The van der Waals surface area contributed by atoms with E-state index in [-0.39, 0.29) is 17.3 Å². The molecule has 1 aliphatic rings. The van der Waals surface area contributed by atoms with Crippen molar-refractivity contribution in [2.45, 2.75) is 71.3 Å². The van der Waals surface area contributed by atoms with Crippen molar-refractivity contribution in [2.24, 2.45) is 0 Å². The lowest BCUT2D eigenvalue weighted by molar-refractivity contribution is -0.136. The van der Waals surface area contributed by atoms with Gasteiger partial charge >= 0.3 is 5.97 Å². The van der Waals surface area contributed by atoms with Crippen LogP contribution in [-0.4, -0.2) is 11.1 Å². The van der Waals surface area contributed by atoms with E-state index >= 15 is 0 Å². The number of hydrogen-bond acceptors (Lipinski definition) is 2. The highest BCUT2D eigenvalue weighted by Crippen LogP contribution is 2.46. The van der Waals surface area contributed by atoms with Crippen molar-refractivity contribution < 1.29 is 9.90 Å². The first kappa shape index (κ1) is 19.5. The summed E-state index contributed by atoms with van der Waals surface area (Å²) in [5.74, 6) is -0.800. The summed E-state index contributed by atoms with van der Waals surface area (Å²) in [6, 6.07) is 12.5. The molecule has 0 unspecified atom stereocenters. The Morgan fingerprint density at radius 3 is 2.11 bits per heavy atom. The van der Waals surface area contributed by atoms with Crippen molar-refractivity contribution in [1.29, 1.82) is 0 Å². The number of hydrogen-bond donors (Lipinski definition) is 2. The number of carboxylic acid groups (broad SMARTS) is 1. The maximum Gasteiger partial charge on any atom is 0.307 e. The quantitative estimate of drug-likeness (QED) is 0.727. The molecule has 2 aromatic carbocycles. The Bertz CT molecular complexity index is 847. The Morgan fingerprint density at radius 1 is 1.00 bits per heavy atom. The standard InChI is InChI=1S/C24H31NO2/c1-16-12-20-21(24(4,5)11-10-23(20,2)3)14-18(16)15-25-19-8-6-17(7-9-19)13-22(26)27/h6-9,12,14,25H,10-11,13,15H2,1-5H3,(H,26,27). The number of benzene rings is 2. The van der Waals surface area contributed by atoms with E-state index in [0.717, 1.165) is 17.8 Å². The average molecular weight is 366 g/mol. The predicted octanol–water partition coefficient (Wildman–Crippen LogP) is 5.58. The van der Waals surface area contributed by atoms with Gasteiger partial charge in [0.15, 0.2) is 0 Å². The molecular weight excluding hydrogens is 334 g/mol. The van der Waals surface area contributed by atoms with Crippen LogP contribution in [0, 0.1) is 6.92 Å². The van der Waals surface area contributed by atoms with Crippen LogP contribution in [0.25, 0.3) is 0 Å². The molecule has 3 heteroatoms. The van der Waals surface area contributed by atoms with Crippen LogP contribution in [0.1, 0.15) is 68.4 Å². The molecule has 0 aliphatic heterocycles. The highest BCUT2D eigenvalue weighted by molar-refractivity contribution is 5.70. The molecule has 27 heavy (non-hydrogen) atoms. The van der Waals surface area contributed by atoms with Gasteiger partial charge in [0.05, 0.1) is 6.42 Å². The molecule has 2 aromatic rings. The second kappa shape index (κ2) is 7.03. The van der Waals surface area contributed by atoms with Gasteiger partial charge in [-0.3, -0.25) is 4.79 Å². The normalized spacial score (nSPS) is 17.2. The third-order valence-corrected chi connectivity index (χ3v) is 6.10. The van der Waals surface area contributed by atoms with Gasteiger partial charge in [0.25, 0.3) is 0 Å². The maximum absolute atomic E-state index is 10.8. The summed E-state index contributed by atoms with van der Waals surface area (Å²) >= 11 is 0. The highest BCUT2D eigenvalue weighted by atomic mass is 16.4. The van der Waals surface area contributed by atoms with Gasteiger partial charge in [-0.05, 0) is 70.5 Å². The Balaban J connectivity index is 1.81. The largest absolute Gasteiger partial charge is 0.481 e. The smallest absolute Gasteiger partial charge is 0.307 e. The van der Waals surface area contributed by atoms with Crippen molar-refractivity contribution in [3.8, 4) is 0 Å². The molecule has 0 saturated carbocycles. The van der Waals surface area contributed by atoms with E-state index < -0.39 is 5.97 Å². The molecular formula is C24H31NO2. The van der Waals surface area contributed by atoms with E-state index in [0.29, 0.717) is 0 Å². The fourth-order valence-electron chi connectivity index (χ4n) is 4.07. The minimum Gasteiger partial charge on any atom is -0.481 e. The SMILES string of the molecule is Cc1cc2c(cc1CNc1ccc(CC(=O)O)cc1)C(C)(C)CCC2(C)C. The molecule has 0 radical (unpaired) electrons. The summed E-state index contributed by atoms with van der Waals surface area (Å²) in [4.78, 5) is 10.8. The zero-order valence-electron chi connectivity index (χ0n) is 17.1. The third-order valence-electron chi connectivity index (χ3n) is 6.10. The van der Waals surface area contributed by atoms with Crippen LogP contribution in [0.4, 0.5) is 5.69 Å². The molecule has 3 rings (SSSR count). The van der Waals surface area contributed by atoms with E-state index in [1.807, 2.05) is 24.3 Å². The maximum atomic E-state index is 10.8. The number of aryl methyl sites for hydroxylation is 1. The Hall–Kier alpha value is -2.29. The lowest BCUT2D eigenvalue weighted by Crippen LogP contribution is -2.34. The topological polar surface area (TPSA) is 49.3 Å². The molecule has 0 bridgehead atoms. The molecule has 0 amide bonds. The number of nitrogens with one attached hydrogen (secondary N) is 1. The van der Waals surface area contributed by atoms with E-state index in [9.17, 15) is 4.79 Å². The van der Waals surface area contributed by atoms with Crippen molar-refractivity contribution in [3.05, 3.63) is 64.2 Å². The van der Waals surface area contributed by atoms with E-state index in [1.165, 1.54) is 35.1 Å². The van der Waals surface area contributed by atoms with Crippen LogP contribution in [0.3, 0.4) is 0 Å². The van der Waals surface area contributed by atoms with Crippen LogP contribution in [-0.2, 0) is 28.6 Å². The zero-order chi connectivity index (χ0) is 19.8. The monoisotopic (exact) mass is 365 g/mol. The molecule has 0 atom stereocenters. The van der Waals surface area contributed by atoms with Crippen LogP contribution in [0.5, 0.6) is 0 Å². The summed E-state index contributed by atoms with van der Waals surface area (Å²) in [7, 11) is 0. The van der Waals surface area contributed by atoms with Gasteiger partial charge in [0.1, 0.15) is 0 Å². The molecule has 0 spiro atoms. The number of rotatable bonds is 5. The van der Waals surface area contributed by atoms with Gasteiger partial charge in [-0.15, -0.1) is 0 Å².